The Morgan fingerprint density at radius 3 is 2.42 bits per heavy atom. The maximum atomic E-state index is 13.8. The van der Waals surface area contributed by atoms with Gasteiger partial charge in [-0.05, 0) is 24.0 Å². The number of amides is 3. The molecule has 0 spiro atoms. The standard InChI is InChI=1S/C17H22FN3O3/c1-10(22)20-15(9-12-4-2-3-5-13(12)18)17(24)21-14(16(19)23)8-11-6-7-11/h2-5,11,14-15H,6-9H2,1H3,(H2,19,23)(H,20,22)(H,21,24)/t14-,15+/m0/s1. The summed E-state index contributed by atoms with van der Waals surface area (Å²) in [5, 5.41) is 5.08. The van der Waals surface area contributed by atoms with Crippen LogP contribution >= 0.6 is 0 Å². The van der Waals surface area contributed by atoms with Gasteiger partial charge in [-0.15, -0.1) is 0 Å². The van der Waals surface area contributed by atoms with E-state index in [0.717, 1.165) is 12.8 Å². The van der Waals surface area contributed by atoms with Crippen molar-refractivity contribution in [1.82, 2.24) is 10.6 Å². The van der Waals surface area contributed by atoms with E-state index in [1.165, 1.54) is 13.0 Å². The normalized spacial score (nSPS) is 16.1. The molecule has 1 aromatic carbocycles. The Labute approximate surface area is 140 Å². The van der Waals surface area contributed by atoms with Gasteiger partial charge in [0.2, 0.25) is 17.7 Å². The molecule has 2 rings (SSSR count). The van der Waals surface area contributed by atoms with Crippen LogP contribution < -0.4 is 16.4 Å². The number of carbonyl (C=O) groups excluding carboxylic acids is 3. The van der Waals surface area contributed by atoms with Crippen molar-refractivity contribution in [2.75, 3.05) is 0 Å². The van der Waals surface area contributed by atoms with Crippen LogP contribution in [0.2, 0.25) is 0 Å². The lowest BCUT2D eigenvalue weighted by molar-refractivity contribution is -0.131. The number of nitrogens with two attached hydrogens (primary N) is 1. The Hall–Kier alpha value is -2.44. The first-order chi connectivity index (χ1) is 11.4. The topological polar surface area (TPSA) is 101 Å². The Balaban J connectivity index is 2.07. The minimum Gasteiger partial charge on any atom is -0.368 e. The van der Waals surface area contributed by atoms with Crippen LogP contribution in [0.5, 0.6) is 0 Å². The summed E-state index contributed by atoms with van der Waals surface area (Å²) in [4.78, 5) is 35.3. The molecule has 0 aliphatic heterocycles. The average Bonchev–Trinajstić information content (AvgIpc) is 3.31. The summed E-state index contributed by atoms with van der Waals surface area (Å²) in [5.41, 5.74) is 5.65. The van der Waals surface area contributed by atoms with Crippen molar-refractivity contribution in [3.8, 4) is 0 Å². The van der Waals surface area contributed by atoms with Gasteiger partial charge in [-0.1, -0.05) is 31.0 Å². The molecule has 6 nitrogen and oxygen atoms in total. The van der Waals surface area contributed by atoms with Crippen molar-refractivity contribution in [2.24, 2.45) is 11.7 Å². The number of carbonyl (C=O) groups is 3. The lowest BCUT2D eigenvalue weighted by Gasteiger charge is -2.21. The van der Waals surface area contributed by atoms with Gasteiger partial charge in [0.25, 0.3) is 0 Å². The summed E-state index contributed by atoms with van der Waals surface area (Å²) in [7, 11) is 0. The molecule has 24 heavy (non-hydrogen) atoms. The largest absolute Gasteiger partial charge is 0.368 e. The molecular formula is C17H22FN3O3. The fraction of sp³-hybridized carbons (Fsp3) is 0.471. The molecular weight excluding hydrogens is 313 g/mol. The third kappa shape index (κ3) is 5.33. The summed E-state index contributed by atoms with van der Waals surface area (Å²) in [6.45, 7) is 1.28. The molecule has 3 amide bonds. The van der Waals surface area contributed by atoms with Gasteiger partial charge in [0.1, 0.15) is 17.9 Å². The predicted octanol–water partition coefficient (Wildman–Crippen LogP) is 0.643. The van der Waals surface area contributed by atoms with Gasteiger partial charge in [0.05, 0.1) is 0 Å². The van der Waals surface area contributed by atoms with Crippen LogP contribution in [0.4, 0.5) is 4.39 Å². The smallest absolute Gasteiger partial charge is 0.243 e. The average molecular weight is 335 g/mol. The van der Waals surface area contributed by atoms with E-state index in [-0.39, 0.29) is 6.42 Å². The van der Waals surface area contributed by atoms with E-state index in [1.54, 1.807) is 18.2 Å². The Bertz CT molecular complexity index is 631. The van der Waals surface area contributed by atoms with Crippen molar-refractivity contribution in [3.05, 3.63) is 35.6 Å². The molecule has 1 aromatic rings. The number of hydrogen-bond donors (Lipinski definition) is 3. The van der Waals surface area contributed by atoms with Crippen LogP contribution in [0.25, 0.3) is 0 Å². The van der Waals surface area contributed by atoms with Crippen molar-refractivity contribution in [3.63, 3.8) is 0 Å². The first-order valence-corrected chi connectivity index (χ1v) is 7.97. The highest BCUT2D eigenvalue weighted by Crippen LogP contribution is 2.33. The maximum absolute atomic E-state index is 13.8. The first-order valence-electron chi connectivity index (χ1n) is 7.97. The molecule has 4 N–H and O–H groups in total. The van der Waals surface area contributed by atoms with Crippen molar-refractivity contribution >= 4 is 17.7 Å². The van der Waals surface area contributed by atoms with Crippen LogP contribution in [-0.4, -0.2) is 29.8 Å². The Morgan fingerprint density at radius 1 is 1.21 bits per heavy atom. The molecule has 130 valence electrons. The molecule has 0 bridgehead atoms. The second kappa shape index (κ2) is 7.90. The summed E-state index contributed by atoms with van der Waals surface area (Å²) in [6.07, 6.45) is 2.52. The molecule has 7 heteroatoms. The number of benzene rings is 1. The van der Waals surface area contributed by atoms with Gasteiger partial charge in [-0.2, -0.15) is 0 Å². The molecule has 1 saturated carbocycles. The summed E-state index contributed by atoms with van der Waals surface area (Å²) in [6, 6.07) is 4.29. The zero-order valence-corrected chi connectivity index (χ0v) is 13.5. The van der Waals surface area contributed by atoms with Gasteiger partial charge >= 0.3 is 0 Å². The third-order valence-corrected chi connectivity index (χ3v) is 4.00. The zero-order valence-electron chi connectivity index (χ0n) is 13.5. The fourth-order valence-corrected chi connectivity index (χ4v) is 2.54. The van der Waals surface area contributed by atoms with Gasteiger partial charge in [0, 0.05) is 13.3 Å². The first kappa shape index (κ1) is 17.9. The molecule has 0 heterocycles. The van der Waals surface area contributed by atoms with Crippen LogP contribution in [-0.2, 0) is 20.8 Å². The minimum atomic E-state index is -0.972. The molecule has 2 atom stereocenters. The summed E-state index contributed by atoms with van der Waals surface area (Å²) in [5.74, 6) is -1.62. The fourth-order valence-electron chi connectivity index (χ4n) is 2.54. The number of rotatable bonds is 8. The number of hydrogen-bond acceptors (Lipinski definition) is 3. The van der Waals surface area contributed by atoms with Gasteiger partial charge in [-0.25, -0.2) is 4.39 Å². The molecule has 1 aliphatic carbocycles. The number of halogens is 1. The highest BCUT2D eigenvalue weighted by Gasteiger charge is 2.31. The highest BCUT2D eigenvalue weighted by molar-refractivity contribution is 5.91. The SMILES string of the molecule is CC(=O)N[C@H](Cc1ccccc1F)C(=O)N[C@@H](CC1CC1)C(N)=O. The van der Waals surface area contributed by atoms with Crippen molar-refractivity contribution in [1.29, 1.82) is 0 Å². The second-order valence-electron chi connectivity index (χ2n) is 6.19. The quantitative estimate of drug-likeness (QED) is 0.650. The van der Waals surface area contributed by atoms with E-state index in [2.05, 4.69) is 10.6 Å². The van der Waals surface area contributed by atoms with Crippen LogP contribution in [0.1, 0.15) is 31.7 Å². The molecule has 0 aromatic heterocycles. The van der Waals surface area contributed by atoms with E-state index < -0.39 is 35.6 Å². The lowest BCUT2D eigenvalue weighted by atomic mass is 10.0. The van der Waals surface area contributed by atoms with Crippen LogP contribution in [0.3, 0.4) is 0 Å². The van der Waals surface area contributed by atoms with E-state index in [9.17, 15) is 18.8 Å². The van der Waals surface area contributed by atoms with Crippen molar-refractivity contribution in [2.45, 2.75) is 44.7 Å². The zero-order chi connectivity index (χ0) is 17.7. The number of nitrogens with one attached hydrogen (secondary N) is 2. The molecule has 0 radical (unpaired) electrons. The Morgan fingerprint density at radius 2 is 1.88 bits per heavy atom. The summed E-state index contributed by atoms with van der Waals surface area (Å²) >= 11 is 0. The summed E-state index contributed by atoms with van der Waals surface area (Å²) < 4.78 is 13.8. The monoisotopic (exact) mass is 335 g/mol. The van der Waals surface area contributed by atoms with E-state index in [4.69, 9.17) is 5.73 Å². The van der Waals surface area contributed by atoms with Gasteiger partial charge in [0.15, 0.2) is 0 Å². The van der Waals surface area contributed by atoms with Crippen LogP contribution in [0.15, 0.2) is 24.3 Å². The predicted molar refractivity (Wildman–Crippen MR) is 86.2 cm³/mol. The van der Waals surface area contributed by atoms with Crippen LogP contribution in [0, 0.1) is 11.7 Å². The molecule has 1 aliphatic rings. The van der Waals surface area contributed by atoms with E-state index in [0.29, 0.717) is 17.9 Å². The molecule has 1 fully saturated rings. The third-order valence-electron chi connectivity index (χ3n) is 4.00. The highest BCUT2D eigenvalue weighted by atomic mass is 19.1. The lowest BCUT2D eigenvalue weighted by Crippen LogP contribution is -2.53. The van der Waals surface area contributed by atoms with Gasteiger partial charge in [-0.3, -0.25) is 14.4 Å². The Kier molecular flexibility index (Phi) is 5.89. The minimum absolute atomic E-state index is 0.00695. The van der Waals surface area contributed by atoms with Crippen molar-refractivity contribution < 1.29 is 18.8 Å². The number of primary amides is 1. The molecule has 0 saturated heterocycles. The van der Waals surface area contributed by atoms with E-state index >= 15 is 0 Å². The molecule has 0 unspecified atom stereocenters. The maximum Gasteiger partial charge on any atom is 0.243 e. The van der Waals surface area contributed by atoms with Gasteiger partial charge < -0.3 is 16.4 Å². The van der Waals surface area contributed by atoms with E-state index in [1.807, 2.05) is 0 Å². The second-order valence-corrected chi connectivity index (χ2v) is 6.19.